The fraction of sp³-hybridized carbons (Fsp3) is 0.538. The molecule has 1 saturated heterocycles. The Morgan fingerprint density at radius 1 is 1.47 bits per heavy atom. The SMILES string of the molecule is COc1ccc2nc(N)n(CCC3CCOC3)c2n1. The van der Waals surface area contributed by atoms with Gasteiger partial charge in [0.05, 0.1) is 7.11 Å². The summed E-state index contributed by atoms with van der Waals surface area (Å²) in [5, 5.41) is 0. The van der Waals surface area contributed by atoms with E-state index in [1.54, 1.807) is 13.2 Å². The molecular weight excluding hydrogens is 244 g/mol. The van der Waals surface area contributed by atoms with E-state index < -0.39 is 0 Å². The number of imidazole rings is 1. The zero-order valence-electron chi connectivity index (χ0n) is 11.0. The Morgan fingerprint density at radius 3 is 3.11 bits per heavy atom. The van der Waals surface area contributed by atoms with E-state index in [0.717, 1.165) is 43.8 Å². The number of methoxy groups -OCH3 is 1. The third-order valence-electron chi connectivity index (χ3n) is 3.59. The molecule has 1 aliphatic rings. The van der Waals surface area contributed by atoms with Crippen LogP contribution in [-0.2, 0) is 11.3 Å². The molecular formula is C13H18N4O2. The molecule has 0 saturated carbocycles. The van der Waals surface area contributed by atoms with Crippen molar-refractivity contribution in [2.75, 3.05) is 26.1 Å². The minimum atomic E-state index is 0.509. The maximum absolute atomic E-state index is 5.97. The van der Waals surface area contributed by atoms with Crippen molar-refractivity contribution in [2.24, 2.45) is 5.92 Å². The molecule has 0 amide bonds. The van der Waals surface area contributed by atoms with Gasteiger partial charge in [-0.05, 0) is 24.8 Å². The second kappa shape index (κ2) is 5.05. The van der Waals surface area contributed by atoms with Crippen molar-refractivity contribution in [2.45, 2.75) is 19.4 Å². The van der Waals surface area contributed by atoms with Crippen molar-refractivity contribution in [3.05, 3.63) is 12.1 Å². The second-order valence-corrected chi connectivity index (χ2v) is 4.84. The third kappa shape index (κ3) is 2.35. The number of nitrogens with zero attached hydrogens (tertiary/aromatic N) is 3. The molecule has 2 aromatic heterocycles. The highest BCUT2D eigenvalue weighted by Gasteiger charge is 2.17. The second-order valence-electron chi connectivity index (χ2n) is 4.84. The van der Waals surface area contributed by atoms with Gasteiger partial charge in [0.15, 0.2) is 5.65 Å². The van der Waals surface area contributed by atoms with Crippen molar-refractivity contribution in [3.63, 3.8) is 0 Å². The Balaban J connectivity index is 1.85. The predicted octanol–water partition coefficient (Wildman–Crippen LogP) is 1.45. The summed E-state index contributed by atoms with van der Waals surface area (Å²) in [6, 6.07) is 3.68. The summed E-state index contributed by atoms with van der Waals surface area (Å²) in [7, 11) is 1.61. The van der Waals surface area contributed by atoms with Gasteiger partial charge in [0.25, 0.3) is 0 Å². The summed E-state index contributed by atoms with van der Waals surface area (Å²) < 4.78 is 12.5. The molecule has 2 aromatic rings. The van der Waals surface area contributed by atoms with Crippen LogP contribution in [0.4, 0.5) is 5.95 Å². The van der Waals surface area contributed by atoms with E-state index in [1.807, 2.05) is 10.6 Å². The molecule has 6 nitrogen and oxygen atoms in total. The molecule has 1 aliphatic heterocycles. The van der Waals surface area contributed by atoms with Gasteiger partial charge in [0.1, 0.15) is 5.52 Å². The van der Waals surface area contributed by atoms with E-state index in [4.69, 9.17) is 15.2 Å². The normalized spacial score (nSPS) is 19.1. The van der Waals surface area contributed by atoms with Crippen LogP contribution in [0.2, 0.25) is 0 Å². The average molecular weight is 262 g/mol. The lowest BCUT2D eigenvalue weighted by molar-refractivity contribution is 0.183. The van der Waals surface area contributed by atoms with Crippen molar-refractivity contribution in [1.29, 1.82) is 0 Å². The highest BCUT2D eigenvalue weighted by molar-refractivity contribution is 5.74. The zero-order valence-corrected chi connectivity index (χ0v) is 11.0. The van der Waals surface area contributed by atoms with Crippen LogP contribution in [0.25, 0.3) is 11.2 Å². The molecule has 19 heavy (non-hydrogen) atoms. The highest BCUT2D eigenvalue weighted by atomic mass is 16.5. The molecule has 0 spiro atoms. The van der Waals surface area contributed by atoms with Gasteiger partial charge in [-0.15, -0.1) is 0 Å². The van der Waals surface area contributed by atoms with Gasteiger partial charge in [-0.25, -0.2) is 4.98 Å². The summed E-state index contributed by atoms with van der Waals surface area (Å²) in [6.07, 6.45) is 2.16. The van der Waals surface area contributed by atoms with E-state index in [0.29, 0.717) is 17.7 Å². The van der Waals surface area contributed by atoms with Crippen LogP contribution in [0, 0.1) is 5.92 Å². The number of anilines is 1. The number of nitrogens with two attached hydrogens (primary N) is 1. The summed E-state index contributed by atoms with van der Waals surface area (Å²) in [5.41, 5.74) is 7.56. The Morgan fingerprint density at radius 2 is 2.37 bits per heavy atom. The fourth-order valence-corrected chi connectivity index (χ4v) is 2.46. The number of pyridine rings is 1. The Bertz CT molecular complexity index is 575. The van der Waals surface area contributed by atoms with Crippen LogP contribution in [0.1, 0.15) is 12.8 Å². The lowest BCUT2D eigenvalue weighted by Gasteiger charge is -2.09. The quantitative estimate of drug-likeness (QED) is 0.902. The first kappa shape index (κ1) is 12.2. The molecule has 6 heteroatoms. The number of fused-ring (bicyclic) bond motifs is 1. The highest BCUT2D eigenvalue weighted by Crippen LogP contribution is 2.22. The molecule has 1 unspecified atom stereocenters. The van der Waals surface area contributed by atoms with E-state index in [1.165, 1.54) is 0 Å². The Kier molecular flexibility index (Phi) is 3.25. The first-order valence-corrected chi connectivity index (χ1v) is 6.52. The standard InChI is InChI=1S/C13H18N4O2/c1-18-11-3-2-10-12(16-11)17(13(14)15-10)6-4-9-5-7-19-8-9/h2-3,9H,4-8H2,1H3,(H2,14,15). The maximum Gasteiger partial charge on any atom is 0.215 e. The molecule has 0 radical (unpaired) electrons. The average Bonchev–Trinajstić information content (AvgIpc) is 3.03. The van der Waals surface area contributed by atoms with Crippen LogP contribution in [-0.4, -0.2) is 34.9 Å². The zero-order chi connectivity index (χ0) is 13.2. The summed E-state index contributed by atoms with van der Waals surface area (Å²) >= 11 is 0. The van der Waals surface area contributed by atoms with Gasteiger partial charge in [-0.3, -0.25) is 4.57 Å². The number of hydrogen-bond donors (Lipinski definition) is 1. The molecule has 0 bridgehead atoms. The Labute approximate surface area is 111 Å². The molecule has 3 heterocycles. The molecule has 1 fully saturated rings. The third-order valence-corrected chi connectivity index (χ3v) is 3.59. The van der Waals surface area contributed by atoms with Crippen LogP contribution >= 0.6 is 0 Å². The van der Waals surface area contributed by atoms with Crippen LogP contribution in [0.15, 0.2) is 12.1 Å². The van der Waals surface area contributed by atoms with E-state index in [-0.39, 0.29) is 0 Å². The van der Waals surface area contributed by atoms with Gasteiger partial charge in [-0.2, -0.15) is 4.98 Å². The largest absolute Gasteiger partial charge is 0.481 e. The van der Waals surface area contributed by atoms with E-state index in [2.05, 4.69) is 9.97 Å². The number of aryl methyl sites for hydroxylation is 1. The fourth-order valence-electron chi connectivity index (χ4n) is 2.46. The Hall–Kier alpha value is -1.82. The van der Waals surface area contributed by atoms with Crippen molar-refractivity contribution in [1.82, 2.24) is 14.5 Å². The first-order valence-electron chi connectivity index (χ1n) is 6.52. The number of aromatic nitrogens is 3. The minimum absolute atomic E-state index is 0.509. The number of hydrogen-bond acceptors (Lipinski definition) is 5. The van der Waals surface area contributed by atoms with Crippen LogP contribution in [0.5, 0.6) is 5.88 Å². The molecule has 0 aliphatic carbocycles. The number of ether oxygens (including phenoxy) is 2. The molecule has 0 aromatic carbocycles. The van der Waals surface area contributed by atoms with Crippen molar-refractivity contribution >= 4 is 17.1 Å². The number of rotatable bonds is 4. The first-order chi connectivity index (χ1) is 9.28. The summed E-state index contributed by atoms with van der Waals surface area (Å²) in [4.78, 5) is 8.75. The van der Waals surface area contributed by atoms with Crippen LogP contribution < -0.4 is 10.5 Å². The smallest absolute Gasteiger partial charge is 0.215 e. The van der Waals surface area contributed by atoms with Gasteiger partial charge < -0.3 is 15.2 Å². The van der Waals surface area contributed by atoms with E-state index >= 15 is 0 Å². The lowest BCUT2D eigenvalue weighted by Crippen LogP contribution is -2.09. The van der Waals surface area contributed by atoms with Gasteiger partial charge in [0, 0.05) is 25.8 Å². The molecule has 102 valence electrons. The van der Waals surface area contributed by atoms with Gasteiger partial charge >= 0.3 is 0 Å². The monoisotopic (exact) mass is 262 g/mol. The maximum atomic E-state index is 5.97. The van der Waals surface area contributed by atoms with Crippen LogP contribution in [0.3, 0.4) is 0 Å². The van der Waals surface area contributed by atoms with E-state index in [9.17, 15) is 0 Å². The van der Waals surface area contributed by atoms with Crippen molar-refractivity contribution < 1.29 is 9.47 Å². The lowest BCUT2D eigenvalue weighted by atomic mass is 10.1. The molecule has 3 rings (SSSR count). The molecule has 2 N–H and O–H groups in total. The predicted molar refractivity (Wildman–Crippen MR) is 72.0 cm³/mol. The number of nitrogen functional groups attached to an aromatic ring is 1. The van der Waals surface area contributed by atoms with Crippen molar-refractivity contribution in [3.8, 4) is 5.88 Å². The minimum Gasteiger partial charge on any atom is -0.481 e. The summed E-state index contributed by atoms with van der Waals surface area (Å²) in [5.74, 6) is 1.70. The van der Waals surface area contributed by atoms with Gasteiger partial charge in [0.2, 0.25) is 11.8 Å². The summed E-state index contributed by atoms with van der Waals surface area (Å²) in [6.45, 7) is 2.54. The molecule has 1 atom stereocenters. The van der Waals surface area contributed by atoms with Gasteiger partial charge in [-0.1, -0.05) is 0 Å². The topological polar surface area (TPSA) is 75.2 Å².